The van der Waals surface area contributed by atoms with Crippen LogP contribution in [0.4, 0.5) is 4.79 Å². The maximum atomic E-state index is 11.7. The van der Waals surface area contributed by atoms with Crippen molar-refractivity contribution in [2.24, 2.45) is 11.8 Å². The number of alkyl carbamates (subject to hydrolysis) is 1. The Kier molecular flexibility index (Phi) is 5.96. The first-order chi connectivity index (χ1) is 7.54. The topological polar surface area (TPSA) is 58.6 Å². The Morgan fingerprint density at radius 3 is 1.88 bits per heavy atom. The normalized spacial score (nSPS) is 15.9. The summed E-state index contributed by atoms with van der Waals surface area (Å²) in [6.07, 6.45) is -1.04. The third-order valence-corrected chi connectivity index (χ3v) is 2.45. The second-order valence-electron chi connectivity index (χ2n) is 6.15. The number of hydrogen-bond donors (Lipinski definition) is 2. The fraction of sp³-hybridized carbons (Fsp3) is 0.923. The predicted molar refractivity (Wildman–Crippen MR) is 68.8 cm³/mol. The summed E-state index contributed by atoms with van der Waals surface area (Å²) in [5.41, 5.74) is -0.519. The second kappa shape index (κ2) is 6.24. The molecule has 0 heterocycles. The van der Waals surface area contributed by atoms with Gasteiger partial charge in [-0.2, -0.15) is 0 Å². The van der Waals surface area contributed by atoms with E-state index in [2.05, 4.69) is 5.32 Å². The molecule has 0 saturated carbocycles. The number of aliphatic hydroxyl groups is 1. The van der Waals surface area contributed by atoms with Crippen molar-refractivity contribution in [3.63, 3.8) is 0 Å². The van der Waals surface area contributed by atoms with E-state index in [0.717, 1.165) is 0 Å². The van der Waals surface area contributed by atoms with Gasteiger partial charge in [-0.15, -0.1) is 0 Å². The fourth-order valence-corrected chi connectivity index (χ4v) is 1.50. The molecule has 17 heavy (non-hydrogen) atoms. The zero-order valence-electron chi connectivity index (χ0n) is 12.1. The minimum Gasteiger partial charge on any atom is -0.444 e. The quantitative estimate of drug-likeness (QED) is 0.800. The smallest absolute Gasteiger partial charge is 0.407 e. The largest absolute Gasteiger partial charge is 0.444 e. The van der Waals surface area contributed by atoms with Crippen molar-refractivity contribution in [2.45, 2.75) is 66.2 Å². The highest BCUT2D eigenvalue weighted by Gasteiger charge is 2.28. The molecular weight excluding hydrogens is 218 g/mol. The van der Waals surface area contributed by atoms with Gasteiger partial charge in [-0.05, 0) is 32.6 Å². The van der Waals surface area contributed by atoms with Gasteiger partial charge in [-0.25, -0.2) is 4.79 Å². The van der Waals surface area contributed by atoms with Crippen molar-refractivity contribution < 1.29 is 14.6 Å². The van der Waals surface area contributed by atoms with Gasteiger partial charge in [-0.3, -0.25) is 0 Å². The number of amides is 1. The van der Waals surface area contributed by atoms with E-state index in [1.807, 2.05) is 48.5 Å². The Morgan fingerprint density at radius 1 is 1.12 bits per heavy atom. The van der Waals surface area contributed by atoms with Crippen LogP contribution in [0.3, 0.4) is 0 Å². The van der Waals surface area contributed by atoms with Crippen molar-refractivity contribution in [3.05, 3.63) is 0 Å². The molecule has 0 fully saturated rings. The van der Waals surface area contributed by atoms with Crippen LogP contribution < -0.4 is 5.32 Å². The second-order valence-corrected chi connectivity index (χ2v) is 6.15. The van der Waals surface area contributed by atoms with Crippen molar-refractivity contribution in [1.82, 2.24) is 5.32 Å². The number of carbonyl (C=O) groups is 1. The first-order valence-corrected chi connectivity index (χ1v) is 6.22. The summed E-state index contributed by atoms with van der Waals surface area (Å²) in [6.45, 7) is 13.2. The van der Waals surface area contributed by atoms with Crippen molar-refractivity contribution in [3.8, 4) is 0 Å². The van der Waals surface area contributed by atoms with Crippen LogP contribution >= 0.6 is 0 Å². The first-order valence-electron chi connectivity index (χ1n) is 6.22. The lowest BCUT2D eigenvalue weighted by molar-refractivity contribution is 0.0285. The maximum Gasteiger partial charge on any atom is 0.407 e. The number of nitrogens with one attached hydrogen (secondary N) is 1. The van der Waals surface area contributed by atoms with Crippen molar-refractivity contribution in [2.75, 3.05) is 0 Å². The van der Waals surface area contributed by atoms with Gasteiger partial charge in [0, 0.05) is 0 Å². The van der Waals surface area contributed by atoms with E-state index in [0.29, 0.717) is 0 Å². The molecule has 0 aliphatic heterocycles. The van der Waals surface area contributed by atoms with E-state index in [9.17, 15) is 9.90 Å². The lowest BCUT2D eigenvalue weighted by Crippen LogP contribution is -2.50. The van der Waals surface area contributed by atoms with Crippen molar-refractivity contribution >= 4 is 6.09 Å². The summed E-state index contributed by atoms with van der Waals surface area (Å²) in [4.78, 5) is 11.7. The molecule has 0 aromatic carbocycles. The molecule has 2 N–H and O–H groups in total. The molecule has 0 radical (unpaired) electrons. The van der Waals surface area contributed by atoms with Crippen LogP contribution in [-0.4, -0.2) is 28.9 Å². The number of rotatable bonds is 4. The Bertz CT molecular complexity index is 244. The maximum absolute atomic E-state index is 11.7. The molecule has 102 valence electrons. The summed E-state index contributed by atoms with van der Waals surface area (Å²) in [5.74, 6) is 0.247. The lowest BCUT2D eigenvalue weighted by atomic mass is 9.91. The molecule has 4 nitrogen and oxygen atoms in total. The Morgan fingerprint density at radius 2 is 1.59 bits per heavy atom. The zero-order valence-corrected chi connectivity index (χ0v) is 12.1. The molecule has 2 atom stereocenters. The number of hydrogen-bond acceptors (Lipinski definition) is 3. The van der Waals surface area contributed by atoms with E-state index in [-0.39, 0.29) is 17.9 Å². The standard InChI is InChI=1S/C13H27NO3/c1-8(2)10(11(15)9(3)4)14-12(16)17-13(5,6)7/h8-11,15H,1-7H3,(H,14,16). The molecule has 0 aliphatic carbocycles. The van der Waals surface area contributed by atoms with Crippen LogP contribution in [-0.2, 0) is 4.74 Å². The average molecular weight is 245 g/mol. The molecule has 0 aromatic rings. The van der Waals surface area contributed by atoms with Gasteiger partial charge in [0.1, 0.15) is 5.60 Å². The summed E-state index contributed by atoms with van der Waals surface area (Å²) in [6, 6.07) is -0.287. The van der Waals surface area contributed by atoms with Gasteiger partial charge in [0.15, 0.2) is 0 Å². The Labute approximate surface area is 105 Å². The minimum atomic E-state index is -0.567. The highest BCUT2D eigenvalue weighted by atomic mass is 16.6. The average Bonchev–Trinajstić information content (AvgIpc) is 2.09. The van der Waals surface area contributed by atoms with Gasteiger partial charge in [-0.1, -0.05) is 27.7 Å². The molecule has 0 aliphatic rings. The predicted octanol–water partition coefficient (Wildman–Crippen LogP) is 2.55. The van der Waals surface area contributed by atoms with Crippen LogP contribution in [0.15, 0.2) is 0 Å². The molecular formula is C13H27NO3. The molecule has 0 rings (SSSR count). The molecule has 0 saturated heterocycles. The third kappa shape index (κ3) is 6.51. The van der Waals surface area contributed by atoms with Gasteiger partial charge in [0.05, 0.1) is 12.1 Å². The minimum absolute atomic E-state index is 0.0948. The highest BCUT2D eigenvalue weighted by Crippen LogP contribution is 2.15. The fourth-order valence-electron chi connectivity index (χ4n) is 1.50. The van der Waals surface area contributed by atoms with Gasteiger partial charge in [0.2, 0.25) is 0 Å². The highest BCUT2D eigenvalue weighted by molar-refractivity contribution is 5.68. The number of aliphatic hydroxyl groups excluding tert-OH is 1. The molecule has 0 aromatic heterocycles. The molecule has 0 spiro atoms. The Hall–Kier alpha value is -0.770. The van der Waals surface area contributed by atoms with Crippen LogP contribution in [0, 0.1) is 11.8 Å². The SMILES string of the molecule is CC(C)C(O)C(NC(=O)OC(C)(C)C)C(C)C. The van der Waals surface area contributed by atoms with E-state index in [1.165, 1.54) is 0 Å². The van der Waals surface area contributed by atoms with Gasteiger partial charge < -0.3 is 15.2 Å². The van der Waals surface area contributed by atoms with E-state index in [1.54, 1.807) is 0 Å². The van der Waals surface area contributed by atoms with E-state index >= 15 is 0 Å². The molecule has 0 bridgehead atoms. The summed E-state index contributed by atoms with van der Waals surface area (Å²) >= 11 is 0. The van der Waals surface area contributed by atoms with E-state index < -0.39 is 17.8 Å². The van der Waals surface area contributed by atoms with Crippen LogP contribution in [0.5, 0.6) is 0 Å². The Balaban J connectivity index is 4.51. The summed E-state index contributed by atoms with van der Waals surface area (Å²) in [7, 11) is 0. The zero-order chi connectivity index (χ0) is 13.8. The van der Waals surface area contributed by atoms with Crippen molar-refractivity contribution in [1.29, 1.82) is 0 Å². The molecule has 1 amide bonds. The van der Waals surface area contributed by atoms with Gasteiger partial charge in [0.25, 0.3) is 0 Å². The third-order valence-electron chi connectivity index (χ3n) is 2.45. The monoisotopic (exact) mass is 245 g/mol. The van der Waals surface area contributed by atoms with Gasteiger partial charge >= 0.3 is 6.09 Å². The van der Waals surface area contributed by atoms with Crippen LogP contribution in [0.1, 0.15) is 48.5 Å². The van der Waals surface area contributed by atoms with E-state index in [4.69, 9.17) is 4.74 Å². The molecule has 4 heteroatoms. The number of carbonyl (C=O) groups excluding carboxylic acids is 1. The van der Waals surface area contributed by atoms with Crippen LogP contribution in [0.25, 0.3) is 0 Å². The first kappa shape index (κ1) is 16.2. The number of ether oxygens (including phenoxy) is 1. The lowest BCUT2D eigenvalue weighted by Gasteiger charge is -2.31. The summed E-state index contributed by atoms with van der Waals surface area (Å²) in [5, 5.41) is 12.8. The molecule has 2 unspecified atom stereocenters. The van der Waals surface area contributed by atoms with Crippen LogP contribution in [0.2, 0.25) is 0 Å². The summed E-state index contributed by atoms with van der Waals surface area (Å²) < 4.78 is 5.19.